The molecule has 0 aromatic carbocycles. The topological polar surface area (TPSA) is 57.8 Å². The predicted octanol–water partition coefficient (Wildman–Crippen LogP) is 1.18. The van der Waals surface area contributed by atoms with Crippen molar-refractivity contribution in [1.29, 1.82) is 0 Å². The van der Waals surface area contributed by atoms with Gasteiger partial charge in [0, 0.05) is 5.56 Å². The SMILES string of the molecule is CCC(CCNC)c1cc(C)n[nH]c1=O. The van der Waals surface area contributed by atoms with Crippen molar-refractivity contribution in [1.82, 2.24) is 15.5 Å². The largest absolute Gasteiger partial charge is 0.320 e. The molecular formula is C11H19N3O. The van der Waals surface area contributed by atoms with E-state index in [9.17, 15) is 4.79 Å². The number of H-pyrrole nitrogens is 1. The Kier molecular flexibility index (Phi) is 4.49. The van der Waals surface area contributed by atoms with E-state index in [4.69, 9.17) is 0 Å². The summed E-state index contributed by atoms with van der Waals surface area (Å²) in [7, 11) is 1.93. The number of rotatable bonds is 5. The molecule has 0 spiro atoms. The van der Waals surface area contributed by atoms with Crippen LogP contribution in [0.1, 0.15) is 36.9 Å². The van der Waals surface area contributed by atoms with E-state index in [2.05, 4.69) is 22.4 Å². The second-order valence-corrected chi connectivity index (χ2v) is 3.79. The summed E-state index contributed by atoms with van der Waals surface area (Å²) in [5, 5.41) is 9.53. The molecule has 0 aliphatic rings. The van der Waals surface area contributed by atoms with Crippen LogP contribution in [0.4, 0.5) is 0 Å². The monoisotopic (exact) mass is 209 g/mol. The first-order valence-electron chi connectivity index (χ1n) is 5.39. The summed E-state index contributed by atoms with van der Waals surface area (Å²) < 4.78 is 0. The zero-order chi connectivity index (χ0) is 11.3. The molecule has 15 heavy (non-hydrogen) atoms. The molecule has 0 fully saturated rings. The van der Waals surface area contributed by atoms with Crippen LogP contribution in [0.3, 0.4) is 0 Å². The molecule has 4 heteroatoms. The van der Waals surface area contributed by atoms with Gasteiger partial charge < -0.3 is 5.32 Å². The molecule has 84 valence electrons. The van der Waals surface area contributed by atoms with Gasteiger partial charge in [0.05, 0.1) is 5.69 Å². The maximum absolute atomic E-state index is 11.6. The van der Waals surface area contributed by atoms with Crippen molar-refractivity contribution in [3.8, 4) is 0 Å². The fraction of sp³-hybridized carbons (Fsp3) is 0.636. The second kappa shape index (κ2) is 5.66. The molecule has 2 N–H and O–H groups in total. The van der Waals surface area contributed by atoms with Crippen molar-refractivity contribution in [3.63, 3.8) is 0 Å². The molecule has 0 bridgehead atoms. The van der Waals surface area contributed by atoms with Gasteiger partial charge in [-0.15, -0.1) is 0 Å². The first-order valence-corrected chi connectivity index (χ1v) is 5.39. The van der Waals surface area contributed by atoms with Gasteiger partial charge in [-0.3, -0.25) is 4.79 Å². The molecule has 0 saturated carbocycles. The van der Waals surface area contributed by atoms with Crippen LogP contribution in [0, 0.1) is 6.92 Å². The average molecular weight is 209 g/mol. The molecule has 4 nitrogen and oxygen atoms in total. The van der Waals surface area contributed by atoms with E-state index < -0.39 is 0 Å². The van der Waals surface area contributed by atoms with Crippen LogP contribution in [-0.4, -0.2) is 23.8 Å². The Morgan fingerprint density at radius 3 is 2.93 bits per heavy atom. The second-order valence-electron chi connectivity index (χ2n) is 3.79. The van der Waals surface area contributed by atoms with Gasteiger partial charge in [0.2, 0.25) is 0 Å². The third-order valence-electron chi connectivity index (χ3n) is 2.64. The van der Waals surface area contributed by atoms with Gasteiger partial charge in [0.25, 0.3) is 5.56 Å². The molecule has 1 aromatic rings. The summed E-state index contributed by atoms with van der Waals surface area (Å²) in [4.78, 5) is 11.6. The molecule has 0 aliphatic carbocycles. The Bertz CT molecular complexity index is 359. The third-order valence-corrected chi connectivity index (χ3v) is 2.64. The lowest BCUT2D eigenvalue weighted by molar-refractivity contribution is 0.573. The molecule has 1 heterocycles. The van der Waals surface area contributed by atoms with Crippen LogP contribution in [0.25, 0.3) is 0 Å². The number of aromatic nitrogens is 2. The summed E-state index contributed by atoms with van der Waals surface area (Å²) in [5.41, 5.74) is 1.68. The van der Waals surface area contributed by atoms with E-state index in [1.165, 1.54) is 0 Å². The lowest BCUT2D eigenvalue weighted by Gasteiger charge is -2.13. The highest BCUT2D eigenvalue weighted by Crippen LogP contribution is 2.19. The van der Waals surface area contributed by atoms with E-state index in [-0.39, 0.29) is 5.56 Å². The number of hydrogen-bond donors (Lipinski definition) is 2. The minimum absolute atomic E-state index is 0.0523. The zero-order valence-electron chi connectivity index (χ0n) is 9.63. The number of aryl methyl sites for hydroxylation is 1. The molecule has 1 atom stereocenters. The van der Waals surface area contributed by atoms with Crippen molar-refractivity contribution in [2.75, 3.05) is 13.6 Å². The van der Waals surface area contributed by atoms with Crippen LogP contribution in [0.2, 0.25) is 0 Å². The van der Waals surface area contributed by atoms with Gasteiger partial charge in [-0.05, 0) is 45.3 Å². The highest BCUT2D eigenvalue weighted by atomic mass is 16.1. The fourth-order valence-electron chi connectivity index (χ4n) is 1.73. The van der Waals surface area contributed by atoms with E-state index >= 15 is 0 Å². The van der Waals surface area contributed by atoms with Crippen molar-refractivity contribution in [2.45, 2.75) is 32.6 Å². The maximum Gasteiger partial charge on any atom is 0.267 e. The van der Waals surface area contributed by atoms with E-state index in [0.717, 1.165) is 30.6 Å². The van der Waals surface area contributed by atoms with Gasteiger partial charge in [-0.25, -0.2) is 5.10 Å². The number of aromatic amines is 1. The minimum atomic E-state index is -0.0523. The highest BCUT2D eigenvalue weighted by Gasteiger charge is 2.13. The Morgan fingerprint density at radius 2 is 2.33 bits per heavy atom. The van der Waals surface area contributed by atoms with Gasteiger partial charge in [0.15, 0.2) is 0 Å². The molecule has 1 unspecified atom stereocenters. The Hall–Kier alpha value is -1.16. The summed E-state index contributed by atoms with van der Waals surface area (Å²) in [6, 6.07) is 1.89. The van der Waals surface area contributed by atoms with Crippen LogP contribution >= 0.6 is 0 Å². The molecule has 0 saturated heterocycles. The van der Waals surface area contributed by atoms with Gasteiger partial charge >= 0.3 is 0 Å². The summed E-state index contributed by atoms with van der Waals surface area (Å²) >= 11 is 0. The average Bonchev–Trinajstić information content (AvgIpc) is 2.24. The van der Waals surface area contributed by atoms with Crippen LogP contribution in [0.5, 0.6) is 0 Å². The van der Waals surface area contributed by atoms with E-state index in [0.29, 0.717) is 5.92 Å². The molecule has 0 amide bonds. The van der Waals surface area contributed by atoms with Gasteiger partial charge in [0.1, 0.15) is 0 Å². The minimum Gasteiger partial charge on any atom is -0.320 e. The summed E-state index contributed by atoms with van der Waals surface area (Å²) in [6.07, 6.45) is 1.97. The quantitative estimate of drug-likeness (QED) is 0.765. The maximum atomic E-state index is 11.6. The van der Waals surface area contributed by atoms with Crippen molar-refractivity contribution < 1.29 is 0 Å². The van der Waals surface area contributed by atoms with Crippen molar-refractivity contribution >= 4 is 0 Å². The number of hydrogen-bond acceptors (Lipinski definition) is 3. The Morgan fingerprint density at radius 1 is 1.60 bits per heavy atom. The summed E-state index contributed by atoms with van der Waals surface area (Å²) in [5.74, 6) is 0.322. The molecule has 0 aliphatic heterocycles. The smallest absolute Gasteiger partial charge is 0.267 e. The lowest BCUT2D eigenvalue weighted by atomic mass is 9.94. The summed E-state index contributed by atoms with van der Waals surface area (Å²) in [6.45, 7) is 4.93. The highest BCUT2D eigenvalue weighted by molar-refractivity contribution is 5.16. The first kappa shape index (κ1) is 11.9. The van der Waals surface area contributed by atoms with E-state index in [1.807, 2.05) is 20.0 Å². The molecule has 0 radical (unpaired) electrons. The van der Waals surface area contributed by atoms with Crippen LogP contribution in [0.15, 0.2) is 10.9 Å². The standard InChI is InChI=1S/C11H19N3O/c1-4-9(5-6-12-3)10-7-8(2)13-14-11(10)15/h7,9,12H,4-6H2,1-3H3,(H,14,15). The molecule has 1 rings (SSSR count). The van der Waals surface area contributed by atoms with Crippen molar-refractivity contribution in [2.24, 2.45) is 0 Å². The van der Waals surface area contributed by atoms with Gasteiger partial charge in [-0.2, -0.15) is 5.10 Å². The predicted molar refractivity (Wildman–Crippen MR) is 61.2 cm³/mol. The normalized spacial score (nSPS) is 12.7. The van der Waals surface area contributed by atoms with Crippen LogP contribution in [-0.2, 0) is 0 Å². The molecular weight excluding hydrogens is 190 g/mol. The first-order chi connectivity index (χ1) is 7.19. The Labute approximate surface area is 90.1 Å². The Balaban J connectivity index is 2.90. The molecule has 1 aromatic heterocycles. The zero-order valence-corrected chi connectivity index (χ0v) is 9.63. The van der Waals surface area contributed by atoms with Crippen molar-refractivity contribution in [3.05, 3.63) is 27.7 Å². The van der Waals surface area contributed by atoms with Gasteiger partial charge in [-0.1, -0.05) is 6.92 Å². The third kappa shape index (κ3) is 3.16. The lowest BCUT2D eigenvalue weighted by Crippen LogP contribution is -2.20. The number of nitrogens with zero attached hydrogens (tertiary/aromatic N) is 1. The van der Waals surface area contributed by atoms with E-state index in [1.54, 1.807) is 0 Å². The van der Waals surface area contributed by atoms with Crippen LogP contribution < -0.4 is 10.9 Å². The number of nitrogens with one attached hydrogen (secondary N) is 2. The fourth-order valence-corrected chi connectivity index (χ4v) is 1.73.